The smallest absolute Gasteiger partial charge is 0.273 e. The van der Waals surface area contributed by atoms with Gasteiger partial charge in [0.2, 0.25) is 5.95 Å². The van der Waals surface area contributed by atoms with Crippen molar-refractivity contribution in [3.63, 3.8) is 0 Å². The fourth-order valence-electron chi connectivity index (χ4n) is 4.07. The van der Waals surface area contributed by atoms with Crippen LogP contribution in [0.4, 0.5) is 5.95 Å². The Kier molecular flexibility index (Phi) is 4.57. The molecule has 0 fully saturated rings. The van der Waals surface area contributed by atoms with Crippen molar-refractivity contribution in [3.05, 3.63) is 89.1 Å². The first kappa shape index (κ1) is 18.8. The van der Waals surface area contributed by atoms with Crippen LogP contribution in [0.5, 0.6) is 0 Å². The number of fused-ring (bicyclic) bond motifs is 2. The summed E-state index contributed by atoms with van der Waals surface area (Å²) in [5, 5.41) is 9.66. The van der Waals surface area contributed by atoms with Gasteiger partial charge in [-0.3, -0.25) is 4.79 Å². The van der Waals surface area contributed by atoms with Gasteiger partial charge in [0, 0.05) is 18.5 Å². The molecule has 5 rings (SSSR count). The third-order valence-electron chi connectivity index (χ3n) is 5.59. The molecule has 0 radical (unpaired) electrons. The van der Waals surface area contributed by atoms with Crippen molar-refractivity contribution >= 4 is 22.8 Å². The lowest BCUT2D eigenvalue weighted by atomic mass is 9.99. The number of aromatic nitrogens is 2. The zero-order valence-corrected chi connectivity index (χ0v) is 16.7. The molecule has 2 heterocycles. The Morgan fingerprint density at radius 3 is 2.45 bits per heavy atom. The molecule has 1 aliphatic rings. The second kappa shape index (κ2) is 7.54. The first-order chi connectivity index (χ1) is 15.1. The van der Waals surface area contributed by atoms with E-state index >= 15 is 0 Å². The van der Waals surface area contributed by atoms with E-state index in [0.717, 1.165) is 27.8 Å². The summed E-state index contributed by atoms with van der Waals surface area (Å²) in [4.78, 5) is 23.8. The second-order valence-electron chi connectivity index (χ2n) is 7.63. The number of hydrogen-bond acceptors (Lipinski definition) is 5. The number of nitrogens with zero attached hydrogens (tertiary/aromatic N) is 4. The van der Waals surface area contributed by atoms with Crippen LogP contribution in [0.2, 0.25) is 0 Å². The van der Waals surface area contributed by atoms with Gasteiger partial charge in [-0.15, -0.1) is 0 Å². The average Bonchev–Trinajstić information content (AvgIpc) is 3.22. The highest BCUT2D eigenvalue weighted by molar-refractivity contribution is 6.05. The highest BCUT2D eigenvalue weighted by Gasteiger charge is 2.26. The van der Waals surface area contributed by atoms with Crippen molar-refractivity contribution in [2.75, 3.05) is 5.73 Å². The van der Waals surface area contributed by atoms with Crippen molar-refractivity contribution in [1.29, 1.82) is 5.26 Å². The van der Waals surface area contributed by atoms with E-state index in [1.165, 1.54) is 0 Å². The Morgan fingerprint density at radius 2 is 1.71 bits per heavy atom. The molecule has 150 valence electrons. The summed E-state index contributed by atoms with van der Waals surface area (Å²) in [6.45, 7) is 1.10. The number of benzene rings is 3. The zero-order chi connectivity index (χ0) is 21.4. The lowest BCUT2D eigenvalue weighted by Gasteiger charge is -2.16. The van der Waals surface area contributed by atoms with Gasteiger partial charge in [0.05, 0.1) is 18.0 Å². The highest BCUT2D eigenvalue weighted by atomic mass is 16.2. The quantitative estimate of drug-likeness (QED) is 0.554. The highest BCUT2D eigenvalue weighted by Crippen LogP contribution is 2.29. The third-order valence-corrected chi connectivity index (χ3v) is 5.59. The molecule has 0 spiro atoms. The van der Waals surface area contributed by atoms with Gasteiger partial charge in [-0.25, -0.2) is 9.97 Å². The molecular weight excluding hydrogens is 386 g/mol. The third kappa shape index (κ3) is 3.47. The van der Waals surface area contributed by atoms with E-state index < -0.39 is 0 Å². The van der Waals surface area contributed by atoms with Gasteiger partial charge in [0.25, 0.3) is 5.91 Å². The molecule has 4 aromatic rings. The fraction of sp³-hybridized carbons (Fsp3) is 0.120. The Labute approximate surface area is 179 Å². The SMILES string of the molecule is N#CCc1cccc(-c2ccc3nc(N)nc(C(=O)N4Cc5ccccc5C4)c3c2)c1. The molecular formula is C25H19N5O. The number of nitriles is 1. The lowest BCUT2D eigenvalue weighted by Crippen LogP contribution is -2.27. The van der Waals surface area contributed by atoms with Crippen LogP contribution in [-0.4, -0.2) is 20.8 Å². The maximum absolute atomic E-state index is 13.4. The fourth-order valence-corrected chi connectivity index (χ4v) is 4.07. The Morgan fingerprint density at radius 1 is 0.968 bits per heavy atom. The summed E-state index contributed by atoms with van der Waals surface area (Å²) in [5.74, 6) is -0.0815. The van der Waals surface area contributed by atoms with Crippen LogP contribution >= 0.6 is 0 Å². The van der Waals surface area contributed by atoms with E-state index in [-0.39, 0.29) is 11.9 Å². The largest absolute Gasteiger partial charge is 0.368 e. The normalized spacial score (nSPS) is 12.5. The molecule has 1 aromatic heterocycles. The summed E-state index contributed by atoms with van der Waals surface area (Å²) < 4.78 is 0. The number of nitrogen functional groups attached to an aromatic ring is 1. The standard InChI is InChI=1S/C25H19N5O/c26-11-10-16-4-3-7-17(12-16)18-8-9-22-21(13-18)23(29-25(27)28-22)24(31)30-14-19-5-1-2-6-20(19)15-30/h1-9,12-13H,10,14-15H2,(H2,27,28,29). The van der Waals surface area contributed by atoms with Crippen LogP contribution in [0.25, 0.3) is 22.0 Å². The molecule has 6 nitrogen and oxygen atoms in total. The van der Waals surface area contributed by atoms with Crippen molar-refractivity contribution in [1.82, 2.24) is 14.9 Å². The second-order valence-corrected chi connectivity index (χ2v) is 7.63. The van der Waals surface area contributed by atoms with Gasteiger partial charge in [0.1, 0.15) is 5.69 Å². The first-order valence-electron chi connectivity index (χ1n) is 10.0. The number of anilines is 1. The van der Waals surface area contributed by atoms with Crippen molar-refractivity contribution in [3.8, 4) is 17.2 Å². The monoisotopic (exact) mass is 405 g/mol. The molecule has 0 atom stereocenters. The lowest BCUT2D eigenvalue weighted by molar-refractivity contribution is 0.0747. The van der Waals surface area contributed by atoms with Crippen LogP contribution in [0.1, 0.15) is 27.2 Å². The van der Waals surface area contributed by atoms with Crippen LogP contribution < -0.4 is 5.73 Å². The van der Waals surface area contributed by atoms with E-state index in [1.54, 1.807) is 4.90 Å². The van der Waals surface area contributed by atoms with Crippen LogP contribution in [0.3, 0.4) is 0 Å². The number of amides is 1. The number of carbonyl (C=O) groups excluding carboxylic acids is 1. The van der Waals surface area contributed by atoms with E-state index in [2.05, 4.69) is 16.0 Å². The molecule has 1 aliphatic heterocycles. The summed E-state index contributed by atoms with van der Waals surface area (Å²) >= 11 is 0. The summed E-state index contributed by atoms with van der Waals surface area (Å²) in [6, 6.07) is 23.8. The minimum Gasteiger partial charge on any atom is -0.368 e. The Hall–Kier alpha value is -4.24. The molecule has 0 bridgehead atoms. The predicted molar refractivity (Wildman–Crippen MR) is 119 cm³/mol. The van der Waals surface area contributed by atoms with E-state index in [9.17, 15) is 4.79 Å². The summed E-state index contributed by atoms with van der Waals surface area (Å²) in [7, 11) is 0. The molecule has 3 aromatic carbocycles. The van der Waals surface area contributed by atoms with Gasteiger partial charge >= 0.3 is 0 Å². The maximum Gasteiger partial charge on any atom is 0.273 e. The average molecular weight is 405 g/mol. The Balaban J connectivity index is 1.57. The van der Waals surface area contributed by atoms with Crippen LogP contribution in [0, 0.1) is 11.3 Å². The van der Waals surface area contributed by atoms with Crippen LogP contribution in [-0.2, 0) is 19.5 Å². The summed E-state index contributed by atoms with van der Waals surface area (Å²) in [5.41, 5.74) is 12.0. The van der Waals surface area contributed by atoms with E-state index in [4.69, 9.17) is 11.0 Å². The van der Waals surface area contributed by atoms with Gasteiger partial charge in [-0.05, 0) is 39.9 Å². The number of hydrogen-bond donors (Lipinski definition) is 1. The van der Waals surface area contributed by atoms with Crippen molar-refractivity contribution < 1.29 is 4.79 Å². The van der Waals surface area contributed by atoms with Gasteiger partial charge < -0.3 is 10.6 Å². The van der Waals surface area contributed by atoms with E-state index in [1.807, 2.05) is 66.7 Å². The molecule has 0 unspecified atom stereocenters. The van der Waals surface area contributed by atoms with E-state index in [0.29, 0.717) is 36.1 Å². The molecule has 1 amide bonds. The first-order valence-corrected chi connectivity index (χ1v) is 10.0. The minimum atomic E-state index is -0.161. The molecule has 31 heavy (non-hydrogen) atoms. The van der Waals surface area contributed by atoms with Crippen molar-refractivity contribution in [2.24, 2.45) is 0 Å². The van der Waals surface area contributed by atoms with Gasteiger partial charge in [-0.1, -0.05) is 54.6 Å². The predicted octanol–water partition coefficient (Wildman–Crippen LogP) is 4.10. The molecule has 0 aliphatic carbocycles. The topological polar surface area (TPSA) is 95.9 Å². The maximum atomic E-state index is 13.4. The summed E-state index contributed by atoms with van der Waals surface area (Å²) in [6.07, 6.45) is 0.348. The number of carbonyl (C=O) groups is 1. The zero-order valence-electron chi connectivity index (χ0n) is 16.7. The minimum absolute atomic E-state index is 0.0799. The van der Waals surface area contributed by atoms with Crippen molar-refractivity contribution in [2.45, 2.75) is 19.5 Å². The number of nitrogens with two attached hydrogens (primary N) is 1. The molecule has 2 N–H and O–H groups in total. The molecule has 6 heteroatoms. The Bertz CT molecular complexity index is 1350. The van der Waals surface area contributed by atoms with Gasteiger partial charge in [0.15, 0.2) is 0 Å². The number of rotatable bonds is 3. The van der Waals surface area contributed by atoms with Gasteiger partial charge in [-0.2, -0.15) is 5.26 Å². The van der Waals surface area contributed by atoms with Crippen LogP contribution in [0.15, 0.2) is 66.7 Å². The molecule has 0 saturated carbocycles. The molecule has 0 saturated heterocycles.